The van der Waals surface area contributed by atoms with E-state index in [9.17, 15) is 9.59 Å². The second-order valence-electron chi connectivity index (χ2n) is 4.70. The summed E-state index contributed by atoms with van der Waals surface area (Å²) < 4.78 is 6.81. The van der Waals surface area contributed by atoms with Gasteiger partial charge in [-0.1, -0.05) is 6.07 Å². The van der Waals surface area contributed by atoms with Crippen LogP contribution in [-0.4, -0.2) is 28.7 Å². The van der Waals surface area contributed by atoms with Crippen LogP contribution >= 0.6 is 0 Å². The summed E-state index contributed by atoms with van der Waals surface area (Å²) in [6.07, 6.45) is 3.14. The van der Waals surface area contributed by atoms with Crippen molar-refractivity contribution in [3.8, 4) is 5.75 Å². The van der Waals surface area contributed by atoms with Crippen LogP contribution in [0, 0.1) is 6.92 Å². The van der Waals surface area contributed by atoms with Crippen LogP contribution in [0.15, 0.2) is 30.6 Å². The molecule has 22 heavy (non-hydrogen) atoms. The summed E-state index contributed by atoms with van der Waals surface area (Å²) in [5.41, 5.74) is 1.87. The number of benzene rings is 1. The van der Waals surface area contributed by atoms with Gasteiger partial charge in [0.05, 0.1) is 24.7 Å². The number of rotatable bonds is 4. The summed E-state index contributed by atoms with van der Waals surface area (Å²) in [4.78, 5) is 23.9. The second-order valence-corrected chi connectivity index (χ2v) is 4.70. The molecule has 0 aliphatic rings. The smallest absolute Gasteiger partial charge is 0.314 e. The molecule has 0 saturated heterocycles. The normalized spacial score (nSPS) is 10.1. The van der Waals surface area contributed by atoms with Crippen LogP contribution < -0.4 is 15.4 Å². The van der Waals surface area contributed by atoms with Crippen molar-refractivity contribution in [1.82, 2.24) is 9.78 Å². The molecule has 2 aromatic rings. The van der Waals surface area contributed by atoms with Gasteiger partial charge in [-0.15, -0.1) is 0 Å². The molecule has 0 aliphatic heterocycles. The van der Waals surface area contributed by atoms with E-state index in [1.165, 1.54) is 13.3 Å². The minimum absolute atomic E-state index is 0.451. The highest BCUT2D eigenvalue weighted by atomic mass is 16.5. The molecule has 0 spiro atoms. The van der Waals surface area contributed by atoms with E-state index in [1.54, 1.807) is 23.0 Å². The lowest BCUT2D eigenvalue weighted by Crippen LogP contribution is -2.29. The maximum absolute atomic E-state index is 12.0. The number of anilines is 2. The third kappa shape index (κ3) is 3.63. The molecule has 2 N–H and O–H groups in total. The summed E-state index contributed by atoms with van der Waals surface area (Å²) in [6.45, 7) is 4.49. The molecule has 0 atom stereocenters. The highest BCUT2D eigenvalue weighted by Gasteiger charge is 2.16. The quantitative estimate of drug-likeness (QED) is 0.843. The lowest BCUT2D eigenvalue weighted by Gasteiger charge is -2.10. The zero-order chi connectivity index (χ0) is 16.1. The number of carbonyl (C=O) groups is 2. The molecule has 7 nitrogen and oxygen atoms in total. The van der Waals surface area contributed by atoms with E-state index in [2.05, 4.69) is 15.7 Å². The van der Waals surface area contributed by atoms with Crippen molar-refractivity contribution in [3.63, 3.8) is 0 Å². The van der Waals surface area contributed by atoms with Gasteiger partial charge in [0.25, 0.3) is 0 Å². The number of aromatic nitrogens is 2. The van der Waals surface area contributed by atoms with Crippen LogP contribution in [0.5, 0.6) is 5.75 Å². The Labute approximate surface area is 128 Å². The Morgan fingerprint density at radius 3 is 2.64 bits per heavy atom. The van der Waals surface area contributed by atoms with Gasteiger partial charge in [-0.25, -0.2) is 0 Å². The molecular weight excluding hydrogens is 284 g/mol. The lowest BCUT2D eigenvalue weighted by atomic mass is 10.2. The van der Waals surface area contributed by atoms with Crippen LogP contribution in [0.3, 0.4) is 0 Å². The molecule has 1 aromatic heterocycles. The van der Waals surface area contributed by atoms with Gasteiger partial charge in [-0.3, -0.25) is 14.3 Å². The Morgan fingerprint density at radius 2 is 2.00 bits per heavy atom. The van der Waals surface area contributed by atoms with Crippen LogP contribution in [0.4, 0.5) is 11.4 Å². The number of hydrogen-bond donors (Lipinski definition) is 2. The van der Waals surface area contributed by atoms with E-state index in [0.717, 1.165) is 5.56 Å². The predicted molar refractivity (Wildman–Crippen MR) is 82.9 cm³/mol. The van der Waals surface area contributed by atoms with Gasteiger partial charge in [0.15, 0.2) is 0 Å². The molecule has 2 amide bonds. The van der Waals surface area contributed by atoms with Crippen molar-refractivity contribution < 1.29 is 14.3 Å². The molecule has 2 rings (SSSR count). The molecule has 1 aromatic carbocycles. The zero-order valence-electron chi connectivity index (χ0n) is 12.7. The average Bonchev–Trinajstić information content (AvgIpc) is 2.95. The maximum Gasteiger partial charge on any atom is 0.314 e. The van der Waals surface area contributed by atoms with Crippen LogP contribution in [-0.2, 0) is 16.1 Å². The summed E-state index contributed by atoms with van der Waals surface area (Å²) >= 11 is 0. The number of methoxy groups -OCH3 is 1. The second kappa shape index (κ2) is 6.75. The number of amides is 2. The van der Waals surface area contributed by atoms with E-state index < -0.39 is 11.8 Å². The molecule has 1 heterocycles. The van der Waals surface area contributed by atoms with E-state index in [4.69, 9.17) is 4.74 Å². The Morgan fingerprint density at radius 1 is 1.27 bits per heavy atom. The van der Waals surface area contributed by atoms with Gasteiger partial charge < -0.3 is 15.4 Å². The molecule has 0 radical (unpaired) electrons. The van der Waals surface area contributed by atoms with Crippen molar-refractivity contribution in [3.05, 3.63) is 36.2 Å². The van der Waals surface area contributed by atoms with Gasteiger partial charge in [0.2, 0.25) is 0 Å². The number of carbonyl (C=O) groups excluding carboxylic acids is 2. The summed E-state index contributed by atoms with van der Waals surface area (Å²) in [5.74, 6) is -1.04. The Kier molecular flexibility index (Phi) is 4.77. The third-order valence-electron chi connectivity index (χ3n) is 3.02. The average molecular weight is 302 g/mol. The zero-order valence-corrected chi connectivity index (χ0v) is 12.7. The first-order chi connectivity index (χ1) is 10.5. The summed E-state index contributed by atoms with van der Waals surface area (Å²) in [6, 6.07) is 5.32. The highest BCUT2D eigenvalue weighted by molar-refractivity contribution is 6.43. The monoisotopic (exact) mass is 302 g/mol. The fourth-order valence-corrected chi connectivity index (χ4v) is 1.89. The van der Waals surface area contributed by atoms with E-state index in [0.29, 0.717) is 23.7 Å². The Balaban J connectivity index is 2.05. The van der Waals surface area contributed by atoms with Gasteiger partial charge in [0, 0.05) is 12.7 Å². The molecule has 0 unspecified atom stereocenters. The van der Waals surface area contributed by atoms with Crippen LogP contribution in [0.25, 0.3) is 0 Å². The van der Waals surface area contributed by atoms with Crippen molar-refractivity contribution in [2.24, 2.45) is 0 Å². The molecule has 0 saturated carbocycles. The SMILES string of the molecule is CCn1cc(NC(=O)C(=O)Nc2cc(C)ccc2OC)cn1. The van der Waals surface area contributed by atoms with Crippen molar-refractivity contribution in [2.45, 2.75) is 20.4 Å². The lowest BCUT2D eigenvalue weighted by molar-refractivity contribution is -0.133. The molecule has 0 fully saturated rings. The van der Waals surface area contributed by atoms with Gasteiger partial charge in [0.1, 0.15) is 5.75 Å². The number of hydrogen-bond acceptors (Lipinski definition) is 4. The molecule has 0 bridgehead atoms. The minimum Gasteiger partial charge on any atom is -0.495 e. The van der Waals surface area contributed by atoms with Crippen LogP contribution in [0.1, 0.15) is 12.5 Å². The van der Waals surface area contributed by atoms with E-state index in [-0.39, 0.29) is 0 Å². The van der Waals surface area contributed by atoms with Gasteiger partial charge in [-0.05, 0) is 31.5 Å². The fourth-order valence-electron chi connectivity index (χ4n) is 1.89. The Hall–Kier alpha value is -2.83. The summed E-state index contributed by atoms with van der Waals surface area (Å²) in [5, 5.41) is 9.05. The van der Waals surface area contributed by atoms with Crippen molar-refractivity contribution in [1.29, 1.82) is 0 Å². The number of nitrogens with zero attached hydrogens (tertiary/aromatic N) is 2. The van der Waals surface area contributed by atoms with Crippen molar-refractivity contribution >= 4 is 23.2 Å². The van der Waals surface area contributed by atoms with Gasteiger partial charge >= 0.3 is 11.8 Å². The molecule has 116 valence electrons. The predicted octanol–water partition coefficient (Wildman–Crippen LogP) is 1.80. The molecular formula is C15H18N4O3. The number of aryl methyl sites for hydroxylation is 2. The fraction of sp³-hybridized carbons (Fsp3) is 0.267. The molecule has 0 aliphatic carbocycles. The standard InChI is InChI=1S/C15H18N4O3/c1-4-19-9-11(8-16-19)17-14(20)15(21)18-12-7-10(2)5-6-13(12)22-3/h5-9H,4H2,1-3H3,(H,17,20)(H,18,21). The number of ether oxygens (including phenoxy) is 1. The number of nitrogens with one attached hydrogen (secondary N) is 2. The van der Waals surface area contributed by atoms with E-state index >= 15 is 0 Å². The van der Waals surface area contributed by atoms with E-state index in [1.807, 2.05) is 19.9 Å². The van der Waals surface area contributed by atoms with Gasteiger partial charge in [-0.2, -0.15) is 5.10 Å². The first-order valence-electron chi connectivity index (χ1n) is 6.83. The topological polar surface area (TPSA) is 85.2 Å². The van der Waals surface area contributed by atoms with Crippen molar-refractivity contribution in [2.75, 3.05) is 17.7 Å². The van der Waals surface area contributed by atoms with Crippen LogP contribution in [0.2, 0.25) is 0 Å². The maximum atomic E-state index is 12.0. The third-order valence-corrected chi connectivity index (χ3v) is 3.02. The summed E-state index contributed by atoms with van der Waals surface area (Å²) in [7, 11) is 1.50. The first kappa shape index (κ1) is 15.6. The molecule has 7 heteroatoms. The largest absolute Gasteiger partial charge is 0.495 e. The minimum atomic E-state index is -0.770. The first-order valence-corrected chi connectivity index (χ1v) is 6.83. The Bertz CT molecular complexity index is 694. The highest BCUT2D eigenvalue weighted by Crippen LogP contribution is 2.25.